The van der Waals surface area contributed by atoms with E-state index in [-0.39, 0.29) is 57.9 Å². The fourth-order valence-corrected chi connectivity index (χ4v) is 14.0. The maximum atomic E-state index is 13.7. The average molecular weight is 706 g/mol. The predicted molar refractivity (Wildman–Crippen MR) is 199 cm³/mol. The van der Waals surface area contributed by atoms with E-state index in [0.29, 0.717) is 42.6 Å². The maximum absolute atomic E-state index is 13.7. The van der Waals surface area contributed by atoms with Crippen molar-refractivity contribution in [2.45, 2.75) is 152 Å². The van der Waals surface area contributed by atoms with Gasteiger partial charge in [-0.05, 0) is 128 Å². The number of aryl methyl sites for hydroxylation is 1. The number of carbonyl (C=O) groups excluding carboxylic acids is 2. The van der Waals surface area contributed by atoms with Gasteiger partial charge >= 0.3 is 11.9 Å². The summed E-state index contributed by atoms with van der Waals surface area (Å²) in [5.41, 5.74) is 1.94. The molecule has 0 bridgehead atoms. The predicted octanol–water partition coefficient (Wildman–Crippen LogP) is 8.89. The van der Waals surface area contributed by atoms with Crippen LogP contribution in [0.4, 0.5) is 0 Å². The molecule has 8 nitrogen and oxygen atoms in total. The molecule has 0 saturated heterocycles. The quantitative estimate of drug-likeness (QED) is 0.186. The number of nitrogens with one attached hydrogen (secondary N) is 1. The van der Waals surface area contributed by atoms with Gasteiger partial charge in [0.15, 0.2) is 0 Å². The number of carboxylic acids is 1. The molecule has 6 rings (SSSR count). The monoisotopic (exact) mass is 706 g/mol. The lowest BCUT2D eigenvalue weighted by Gasteiger charge is -2.73. The highest BCUT2D eigenvalue weighted by Crippen LogP contribution is 2.78. The maximum Gasteiger partial charge on any atom is 0.306 e. The summed E-state index contributed by atoms with van der Waals surface area (Å²) in [6.07, 6.45) is 15.5. The molecular formula is C43H67N3O5. The molecule has 10 atom stereocenters. The first-order chi connectivity index (χ1) is 23.7. The first kappa shape index (κ1) is 38.1. The first-order valence-corrected chi connectivity index (χ1v) is 20.0. The van der Waals surface area contributed by atoms with E-state index in [0.717, 1.165) is 44.2 Å². The second-order valence-electron chi connectivity index (χ2n) is 20.3. The Morgan fingerprint density at radius 2 is 1.69 bits per heavy atom. The Kier molecular flexibility index (Phi) is 9.74. The Morgan fingerprint density at radius 1 is 0.961 bits per heavy atom. The molecule has 2 N–H and O–H groups in total. The van der Waals surface area contributed by atoms with Crippen molar-refractivity contribution in [3.8, 4) is 0 Å². The second kappa shape index (κ2) is 13.0. The Labute approximate surface area is 307 Å². The van der Waals surface area contributed by atoms with E-state index >= 15 is 0 Å². The number of rotatable bonds is 10. The lowest BCUT2D eigenvalue weighted by atomic mass is 9.32. The number of carbonyl (C=O) groups is 3. The molecule has 5 fully saturated rings. The molecule has 51 heavy (non-hydrogen) atoms. The highest BCUT2D eigenvalue weighted by atomic mass is 16.5. The van der Waals surface area contributed by atoms with Crippen molar-refractivity contribution < 1.29 is 24.2 Å². The molecule has 284 valence electrons. The van der Waals surface area contributed by atoms with Gasteiger partial charge in [-0.1, -0.05) is 60.6 Å². The molecule has 0 spiro atoms. The highest BCUT2D eigenvalue weighted by Gasteiger charge is 2.71. The van der Waals surface area contributed by atoms with E-state index in [9.17, 15) is 19.5 Å². The third-order valence-electron chi connectivity index (χ3n) is 16.4. The van der Waals surface area contributed by atoms with Gasteiger partial charge in [0.1, 0.15) is 6.10 Å². The minimum absolute atomic E-state index is 0.0231. The fourth-order valence-electron chi connectivity index (χ4n) is 14.0. The number of hydrogen-bond donors (Lipinski definition) is 2. The third-order valence-corrected chi connectivity index (χ3v) is 16.4. The number of carboxylic acid groups (broad SMARTS) is 1. The van der Waals surface area contributed by atoms with Gasteiger partial charge in [0, 0.05) is 25.1 Å². The van der Waals surface area contributed by atoms with Gasteiger partial charge in [-0.15, -0.1) is 0 Å². The van der Waals surface area contributed by atoms with E-state index in [1.54, 1.807) is 6.33 Å². The van der Waals surface area contributed by atoms with Crippen molar-refractivity contribution in [2.75, 3.05) is 0 Å². The molecule has 1 heterocycles. The van der Waals surface area contributed by atoms with Gasteiger partial charge in [-0.3, -0.25) is 14.4 Å². The number of imidazole rings is 1. The lowest BCUT2D eigenvalue weighted by Crippen LogP contribution is -2.67. The molecule has 0 aromatic carbocycles. The molecule has 0 unspecified atom stereocenters. The van der Waals surface area contributed by atoms with E-state index in [2.05, 4.69) is 58.4 Å². The van der Waals surface area contributed by atoms with Crippen molar-refractivity contribution >= 4 is 17.8 Å². The summed E-state index contributed by atoms with van der Waals surface area (Å²) in [7, 11) is 1.96. The Hall–Kier alpha value is -2.64. The van der Waals surface area contributed by atoms with Crippen LogP contribution in [0.2, 0.25) is 0 Å². The second-order valence-corrected chi connectivity index (χ2v) is 20.3. The summed E-state index contributed by atoms with van der Waals surface area (Å²) in [6.45, 7) is 23.4. The van der Waals surface area contributed by atoms with Crippen LogP contribution in [0.25, 0.3) is 0 Å². The summed E-state index contributed by atoms with van der Waals surface area (Å²) in [6, 6.07) is 0. The van der Waals surface area contributed by atoms with E-state index in [4.69, 9.17) is 4.74 Å². The zero-order valence-corrected chi connectivity index (χ0v) is 33.2. The van der Waals surface area contributed by atoms with Crippen LogP contribution in [0.5, 0.6) is 0 Å². The minimum Gasteiger partial charge on any atom is -0.481 e. The van der Waals surface area contributed by atoms with Gasteiger partial charge in [0.2, 0.25) is 5.91 Å². The fraction of sp³-hybridized carbons (Fsp3) is 0.814. The number of ether oxygens (including phenoxy) is 1. The van der Waals surface area contributed by atoms with Crippen molar-refractivity contribution in [1.29, 1.82) is 0 Å². The topological polar surface area (TPSA) is 111 Å². The molecule has 1 aromatic rings. The van der Waals surface area contributed by atoms with Gasteiger partial charge in [0.25, 0.3) is 0 Å². The zero-order chi connectivity index (χ0) is 37.4. The van der Waals surface area contributed by atoms with Crippen LogP contribution in [-0.4, -0.2) is 38.6 Å². The number of amides is 1. The molecular weight excluding hydrogens is 638 g/mol. The Balaban J connectivity index is 1.21. The molecule has 1 amide bonds. The van der Waals surface area contributed by atoms with Crippen molar-refractivity contribution in [2.24, 2.45) is 69.1 Å². The number of aromatic nitrogens is 2. The van der Waals surface area contributed by atoms with E-state index < -0.39 is 11.4 Å². The SMILES string of the molecule is C=C(C)[C@@H]1CC[C@]2(CC(=O)NCc3cn(C)cn3)CC[C@]3(C)[C@H](CC[C@@H]4[C@@]5(C)CC[C@H](OC(=O)CC(C)(C)CC(=O)O)C(C)(C)[C@@H]5CC[C@]43C)[C@@H]12. The summed E-state index contributed by atoms with van der Waals surface area (Å²) >= 11 is 0. The molecule has 0 radical (unpaired) electrons. The molecule has 5 aliphatic carbocycles. The van der Waals surface area contributed by atoms with Crippen molar-refractivity contribution in [3.63, 3.8) is 0 Å². The Bertz CT molecular complexity index is 1550. The Morgan fingerprint density at radius 3 is 2.33 bits per heavy atom. The largest absolute Gasteiger partial charge is 0.481 e. The van der Waals surface area contributed by atoms with Gasteiger partial charge < -0.3 is 19.7 Å². The first-order valence-electron chi connectivity index (χ1n) is 20.0. The number of fused-ring (bicyclic) bond motifs is 7. The minimum atomic E-state index is -0.885. The number of nitrogens with zero attached hydrogens (tertiary/aromatic N) is 2. The zero-order valence-electron chi connectivity index (χ0n) is 33.2. The van der Waals surface area contributed by atoms with Crippen LogP contribution >= 0.6 is 0 Å². The van der Waals surface area contributed by atoms with Gasteiger partial charge in [0.05, 0.1) is 31.4 Å². The normalized spacial score (nSPS) is 39.9. The van der Waals surface area contributed by atoms with Crippen LogP contribution in [0, 0.1) is 62.1 Å². The molecule has 5 saturated carbocycles. The number of allylic oxidation sites excluding steroid dienone is 1. The van der Waals surface area contributed by atoms with Crippen molar-refractivity contribution in [3.05, 3.63) is 30.4 Å². The van der Waals surface area contributed by atoms with Crippen LogP contribution in [0.1, 0.15) is 145 Å². The number of esters is 1. The molecule has 5 aliphatic rings. The van der Waals surface area contributed by atoms with Crippen molar-refractivity contribution in [1.82, 2.24) is 14.9 Å². The average Bonchev–Trinajstić information content (AvgIpc) is 3.60. The standard InChI is InChI=1S/C43H67N3O5/c1-27(2)29-13-18-43(21-34(47)44-24-28-25-46(10)26-45-28)20-19-41(8)30(37(29)43)11-12-32-40(7)16-15-33(39(5,6)31(40)14-17-42(32,41)9)51-36(50)23-38(3,4)22-35(48)49/h25-26,29-33,37H,1,11-24H2,2-10H3,(H,44,47)(H,48,49)/t29-,30+,31-,32+,33-,37+,40-,41+,42+,43+/m0/s1. The summed E-state index contributed by atoms with van der Waals surface area (Å²) in [5, 5.41) is 12.6. The number of aliphatic carboxylic acids is 1. The van der Waals surface area contributed by atoms with E-state index in [1.165, 1.54) is 31.3 Å². The smallest absolute Gasteiger partial charge is 0.306 e. The molecule has 0 aliphatic heterocycles. The van der Waals surface area contributed by atoms with Crippen LogP contribution < -0.4 is 5.32 Å². The van der Waals surface area contributed by atoms with Crippen LogP contribution in [0.3, 0.4) is 0 Å². The van der Waals surface area contributed by atoms with Crippen LogP contribution in [0.15, 0.2) is 24.7 Å². The van der Waals surface area contributed by atoms with Gasteiger partial charge in [-0.25, -0.2) is 4.98 Å². The van der Waals surface area contributed by atoms with Gasteiger partial charge in [-0.2, -0.15) is 0 Å². The summed E-state index contributed by atoms with van der Waals surface area (Å²) in [4.78, 5) is 42.7. The summed E-state index contributed by atoms with van der Waals surface area (Å²) < 4.78 is 8.20. The highest BCUT2D eigenvalue weighted by molar-refractivity contribution is 5.77. The molecule has 8 heteroatoms. The van der Waals surface area contributed by atoms with E-state index in [1.807, 2.05) is 31.7 Å². The molecule has 1 aromatic heterocycles. The summed E-state index contributed by atoms with van der Waals surface area (Å²) in [5.74, 6) is 1.57. The van der Waals surface area contributed by atoms with Crippen LogP contribution in [-0.2, 0) is 32.7 Å². The number of hydrogen-bond acceptors (Lipinski definition) is 5. The lowest BCUT2D eigenvalue weighted by molar-refractivity contribution is -0.250. The third kappa shape index (κ3) is 6.40.